The fourth-order valence-corrected chi connectivity index (χ4v) is 4.93. The quantitative estimate of drug-likeness (QED) is 0.758. The van der Waals surface area contributed by atoms with Gasteiger partial charge in [-0.1, -0.05) is 67.4 Å². The first-order valence-corrected chi connectivity index (χ1v) is 11.4. The van der Waals surface area contributed by atoms with Crippen molar-refractivity contribution >= 4 is 5.91 Å². The highest BCUT2D eigenvalue weighted by Gasteiger charge is 2.32. The van der Waals surface area contributed by atoms with Crippen molar-refractivity contribution in [2.45, 2.75) is 51.1 Å². The first-order valence-electron chi connectivity index (χ1n) is 11.4. The van der Waals surface area contributed by atoms with Gasteiger partial charge < -0.3 is 10.1 Å². The highest BCUT2D eigenvalue weighted by Crippen LogP contribution is 2.38. The number of rotatable bonds is 6. The Bertz CT molecular complexity index is 817. The van der Waals surface area contributed by atoms with Gasteiger partial charge >= 0.3 is 0 Å². The molecular weight excluding hydrogens is 372 g/mol. The van der Waals surface area contributed by atoms with Gasteiger partial charge in [-0.25, -0.2) is 0 Å². The van der Waals surface area contributed by atoms with Crippen LogP contribution in [0.5, 0.6) is 0 Å². The average molecular weight is 407 g/mol. The van der Waals surface area contributed by atoms with Gasteiger partial charge in [0, 0.05) is 25.6 Å². The predicted octanol–water partition coefficient (Wildman–Crippen LogP) is 4.67. The van der Waals surface area contributed by atoms with Crippen molar-refractivity contribution in [2.75, 3.05) is 26.3 Å². The van der Waals surface area contributed by atoms with Gasteiger partial charge in [-0.15, -0.1) is 0 Å². The summed E-state index contributed by atoms with van der Waals surface area (Å²) in [4.78, 5) is 15.7. The first-order chi connectivity index (χ1) is 14.7. The molecule has 1 amide bonds. The number of nitrogens with one attached hydrogen (secondary N) is 1. The van der Waals surface area contributed by atoms with Gasteiger partial charge in [0.15, 0.2) is 0 Å². The second kappa shape index (κ2) is 10.2. The molecule has 4 heteroatoms. The second-order valence-electron chi connectivity index (χ2n) is 8.77. The Hall–Kier alpha value is -2.17. The molecule has 1 N–H and O–H groups in total. The average Bonchev–Trinajstić information content (AvgIpc) is 2.80. The molecule has 0 radical (unpaired) electrons. The summed E-state index contributed by atoms with van der Waals surface area (Å²) < 4.78 is 5.47. The maximum Gasteiger partial charge on any atom is 0.224 e. The molecule has 0 spiro atoms. The van der Waals surface area contributed by atoms with Crippen LogP contribution in [0.25, 0.3) is 0 Å². The summed E-state index contributed by atoms with van der Waals surface area (Å²) in [5, 5.41) is 3.28. The molecule has 1 heterocycles. The van der Waals surface area contributed by atoms with Gasteiger partial charge in [-0.3, -0.25) is 9.69 Å². The van der Waals surface area contributed by atoms with Crippen LogP contribution < -0.4 is 5.32 Å². The molecule has 2 fully saturated rings. The molecule has 2 aromatic rings. The van der Waals surface area contributed by atoms with E-state index in [0.717, 1.165) is 57.7 Å². The largest absolute Gasteiger partial charge is 0.379 e. The number of hydrogen-bond donors (Lipinski definition) is 1. The number of amides is 1. The van der Waals surface area contributed by atoms with E-state index < -0.39 is 0 Å². The van der Waals surface area contributed by atoms with Gasteiger partial charge in [0.1, 0.15) is 0 Å². The molecule has 0 bridgehead atoms. The summed E-state index contributed by atoms with van der Waals surface area (Å²) in [6.07, 6.45) is 4.42. The number of carbonyl (C=O) groups is 1. The molecule has 2 aliphatic rings. The molecule has 1 aliphatic carbocycles. The Morgan fingerprint density at radius 1 is 1.07 bits per heavy atom. The summed E-state index contributed by atoms with van der Waals surface area (Å²) in [5.41, 5.74) is 3.83. The third-order valence-corrected chi connectivity index (χ3v) is 6.65. The third-order valence-electron chi connectivity index (χ3n) is 6.65. The lowest BCUT2D eigenvalue weighted by atomic mass is 9.74. The van der Waals surface area contributed by atoms with Crippen LogP contribution in [0.2, 0.25) is 0 Å². The Labute approximate surface area is 180 Å². The zero-order valence-corrected chi connectivity index (χ0v) is 18.1. The van der Waals surface area contributed by atoms with Crippen LogP contribution in [-0.2, 0) is 16.1 Å². The van der Waals surface area contributed by atoms with E-state index in [2.05, 4.69) is 53.5 Å². The van der Waals surface area contributed by atoms with Crippen LogP contribution in [-0.4, -0.2) is 37.1 Å². The molecule has 2 unspecified atom stereocenters. The van der Waals surface area contributed by atoms with Crippen molar-refractivity contribution < 1.29 is 9.53 Å². The number of hydrogen-bond acceptors (Lipinski definition) is 3. The molecule has 30 heavy (non-hydrogen) atoms. The Balaban J connectivity index is 1.45. The highest BCUT2D eigenvalue weighted by molar-refractivity contribution is 5.80. The fourth-order valence-electron chi connectivity index (χ4n) is 4.93. The Morgan fingerprint density at radius 3 is 2.63 bits per heavy atom. The van der Waals surface area contributed by atoms with Crippen molar-refractivity contribution in [3.63, 3.8) is 0 Å². The summed E-state index contributed by atoms with van der Waals surface area (Å²) in [7, 11) is 0. The van der Waals surface area contributed by atoms with Crippen LogP contribution in [0, 0.1) is 5.92 Å². The number of nitrogens with zero attached hydrogens (tertiary/aromatic N) is 1. The smallest absolute Gasteiger partial charge is 0.224 e. The van der Waals surface area contributed by atoms with Gasteiger partial charge in [0.2, 0.25) is 5.91 Å². The zero-order chi connectivity index (χ0) is 20.8. The van der Waals surface area contributed by atoms with Crippen LogP contribution in [0.3, 0.4) is 0 Å². The molecule has 0 aromatic heterocycles. The molecule has 1 aliphatic heterocycles. The van der Waals surface area contributed by atoms with Crippen molar-refractivity contribution in [1.82, 2.24) is 10.2 Å². The van der Waals surface area contributed by atoms with E-state index in [1.54, 1.807) is 0 Å². The van der Waals surface area contributed by atoms with Crippen LogP contribution in [0.1, 0.15) is 61.3 Å². The lowest BCUT2D eigenvalue weighted by Gasteiger charge is -2.32. The van der Waals surface area contributed by atoms with Crippen LogP contribution in [0.15, 0.2) is 54.6 Å². The van der Waals surface area contributed by atoms with E-state index in [1.165, 1.54) is 17.5 Å². The minimum Gasteiger partial charge on any atom is -0.379 e. The van der Waals surface area contributed by atoms with Crippen molar-refractivity contribution in [2.24, 2.45) is 5.92 Å². The predicted molar refractivity (Wildman–Crippen MR) is 120 cm³/mol. The van der Waals surface area contributed by atoms with E-state index in [-0.39, 0.29) is 17.9 Å². The van der Waals surface area contributed by atoms with Gasteiger partial charge in [0.25, 0.3) is 0 Å². The van der Waals surface area contributed by atoms with Crippen LogP contribution >= 0.6 is 0 Å². The van der Waals surface area contributed by atoms with E-state index in [1.807, 2.05) is 18.2 Å². The number of carbonyl (C=O) groups excluding carboxylic acids is 1. The molecule has 1 saturated carbocycles. The maximum absolute atomic E-state index is 13.2. The van der Waals surface area contributed by atoms with E-state index in [4.69, 9.17) is 4.74 Å². The van der Waals surface area contributed by atoms with E-state index in [9.17, 15) is 4.79 Å². The third kappa shape index (κ3) is 5.30. The monoisotopic (exact) mass is 406 g/mol. The number of benzene rings is 2. The molecule has 160 valence electrons. The minimum absolute atomic E-state index is 0.0360. The second-order valence-corrected chi connectivity index (χ2v) is 8.77. The fraction of sp³-hybridized carbons (Fsp3) is 0.500. The Kier molecular flexibility index (Phi) is 7.19. The summed E-state index contributed by atoms with van der Waals surface area (Å²) in [6.45, 7) is 6.68. The van der Waals surface area contributed by atoms with Gasteiger partial charge in [-0.2, -0.15) is 0 Å². The van der Waals surface area contributed by atoms with Gasteiger partial charge in [0.05, 0.1) is 19.3 Å². The van der Waals surface area contributed by atoms with Crippen molar-refractivity contribution in [3.8, 4) is 0 Å². The molecule has 3 atom stereocenters. The molecular formula is C26H34N2O2. The van der Waals surface area contributed by atoms with Gasteiger partial charge in [-0.05, 0) is 42.4 Å². The SMILES string of the molecule is C[C@H](NC(=O)C1CCCCC1c1cccc(CN2CCOCC2)c1)c1ccccc1. The molecule has 1 saturated heterocycles. The Morgan fingerprint density at radius 2 is 1.83 bits per heavy atom. The van der Waals surface area contributed by atoms with Crippen molar-refractivity contribution in [3.05, 3.63) is 71.3 Å². The zero-order valence-electron chi connectivity index (χ0n) is 18.1. The van der Waals surface area contributed by atoms with Crippen molar-refractivity contribution in [1.29, 1.82) is 0 Å². The van der Waals surface area contributed by atoms with E-state index in [0.29, 0.717) is 5.92 Å². The number of morpholine rings is 1. The minimum atomic E-state index is 0.0360. The highest BCUT2D eigenvalue weighted by atomic mass is 16.5. The van der Waals surface area contributed by atoms with E-state index >= 15 is 0 Å². The van der Waals surface area contributed by atoms with Crippen LogP contribution in [0.4, 0.5) is 0 Å². The number of ether oxygens (including phenoxy) is 1. The summed E-state index contributed by atoms with van der Waals surface area (Å²) >= 11 is 0. The maximum atomic E-state index is 13.2. The summed E-state index contributed by atoms with van der Waals surface area (Å²) in [5.74, 6) is 0.574. The molecule has 4 nitrogen and oxygen atoms in total. The normalized spacial score (nSPS) is 23.6. The topological polar surface area (TPSA) is 41.6 Å². The lowest BCUT2D eigenvalue weighted by Crippen LogP contribution is -2.37. The molecule has 4 rings (SSSR count). The first kappa shape index (κ1) is 21.1. The summed E-state index contributed by atoms with van der Waals surface area (Å²) in [6, 6.07) is 19.2. The lowest BCUT2D eigenvalue weighted by molar-refractivity contribution is -0.127. The molecule has 2 aromatic carbocycles. The standard InChI is InChI=1S/C26H34N2O2/c1-20(22-9-3-2-4-10-22)27-26(29)25-13-6-5-12-24(25)23-11-7-8-21(18-23)19-28-14-16-30-17-15-28/h2-4,7-11,18,20,24-25H,5-6,12-17,19H2,1H3,(H,27,29)/t20-,24?,25?/m0/s1.